The molecule has 0 bridgehead atoms. The zero-order valence-corrected chi connectivity index (χ0v) is 14.3. The van der Waals surface area contributed by atoms with Gasteiger partial charge in [-0.05, 0) is 31.0 Å². The maximum absolute atomic E-state index is 13.0. The number of benzene rings is 2. The average Bonchev–Trinajstić information content (AvgIpc) is 2.92. The fourth-order valence-corrected chi connectivity index (χ4v) is 3.50. The Morgan fingerprint density at radius 3 is 2.46 bits per heavy atom. The number of likely N-dealkylation sites (N-methyl/N-ethyl adjacent to an activating group) is 1. The van der Waals surface area contributed by atoms with Crippen molar-refractivity contribution in [3.63, 3.8) is 0 Å². The van der Waals surface area contributed by atoms with Crippen molar-refractivity contribution in [2.45, 2.75) is 32.7 Å². The van der Waals surface area contributed by atoms with Gasteiger partial charge in [0.2, 0.25) is 11.8 Å². The Hall–Kier alpha value is -2.62. The zero-order chi connectivity index (χ0) is 17.3. The van der Waals surface area contributed by atoms with Crippen LogP contribution in [0, 0.1) is 13.8 Å². The van der Waals surface area contributed by atoms with Gasteiger partial charge in [0.25, 0.3) is 0 Å². The molecule has 0 saturated heterocycles. The molecule has 2 aromatic carbocycles. The normalized spacial score (nSPS) is 16.0. The van der Waals surface area contributed by atoms with E-state index in [1.807, 2.05) is 50.2 Å². The van der Waals surface area contributed by atoms with Gasteiger partial charge in [-0.3, -0.25) is 14.5 Å². The lowest BCUT2D eigenvalue weighted by atomic mass is 10.0. The van der Waals surface area contributed by atoms with Crippen LogP contribution in [0.2, 0.25) is 0 Å². The van der Waals surface area contributed by atoms with Crippen LogP contribution in [-0.2, 0) is 22.4 Å². The highest BCUT2D eigenvalue weighted by atomic mass is 16.2. The number of fused-ring (bicyclic) bond motifs is 1. The van der Waals surface area contributed by atoms with Crippen LogP contribution in [-0.4, -0.2) is 24.9 Å². The molecule has 0 saturated carbocycles. The first-order valence-corrected chi connectivity index (χ1v) is 8.18. The second-order valence-corrected chi connectivity index (χ2v) is 6.40. The smallest absolute Gasteiger partial charge is 0.243 e. The second kappa shape index (κ2) is 6.48. The molecular weight excluding hydrogens is 300 g/mol. The van der Waals surface area contributed by atoms with Gasteiger partial charge >= 0.3 is 0 Å². The molecule has 0 aromatic heterocycles. The van der Waals surface area contributed by atoms with Crippen molar-refractivity contribution in [1.82, 2.24) is 5.32 Å². The Bertz CT molecular complexity index is 778. The minimum atomic E-state index is -0.467. The number of nitrogens with one attached hydrogen (secondary N) is 1. The van der Waals surface area contributed by atoms with Gasteiger partial charge in [-0.1, -0.05) is 47.5 Å². The molecule has 1 heterocycles. The summed E-state index contributed by atoms with van der Waals surface area (Å²) in [6.45, 7) is 4.05. The Morgan fingerprint density at radius 1 is 1.12 bits per heavy atom. The van der Waals surface area contributed by atoms with Crippen molar-refractivity contribution in [2.75, 3.05) is 11.9 Å². The quantitative estimate of drug-likeness (QED) is 0.944. The van der Waals surface area contributed by atoms with E-state index in [1.165, 1.54) is 0 Å². The van der Waals surface area contributed by atoms with E-state index in [2.05, 4.69) is 11.4 Å². The summed E-state index contributed by atoms with van der Waals surface area (Å²) in [6, 6.07) is 13.4. The molecule has 3 rings (SSSR count). The summed E-state index contributed by atoms with van der Waals surface area (Å²) < 4.78 is 0. The molecule has 124 valence electrons. The van der Waals surface area contributed by atoms with Gasteiger partial charge in [0.1, 0.15) is 6.04 Å². The summed E-state index contributed by atoms with van der Waals surface area (Å²) in [6.07, 6.45) is 0.860. The molecule has 1 aliphatic rings. The summed E-state index contributed by atoms with van der Waals surface area (Å²) in [7, 11) is 1.61. The molecule has 1 N–H and O–H groups in total. The van der Waals surface area contributed by atoms with Gasteiger partial charge in [0.05, 0.1) is 6.42 Å². The van der Waals surface area contributed by atoms with Crippen LogP contribution in [0.15, 0.2) is 42.5 Å². The molecule has 4 nitrogen and oxygen atoms in total. The summed E-state index contributed by atoms with van der Waals surface area (Å²) in [4.78, 5) is 26.9. The molecule has 0 fully saturated rings. The highest BCUT2D eigenvalue weighted by Crippen LogP contribution is 2.32. The van der Waals surface area contributed by atoms with Crippen LogP contribution >= 0.6 is 0 Å². The predicted octanol–water partition coefficient (Wildman–Crippen LogP) is 2.55. The average molecular weight is 322 g/mol. The molecular formula is C20H22N2O2. The molecule has 0 aliphatic carbocycles. The maximum atomic E-state index is 13.0. The topological polar surface area (TPSA) is 49.4 Å². The number of para-hydroxylation sites is 1. The fraction of sp³-hybridized carbons (Fsp3) is 0.300. The van der Waals surface area contributed by atoms with E-state index >= 15 is 0 Å². The molecule has 1 atom stereocenters. The third-order valence-corrected chi connectivity index (χ3v) is 4.43. The number of carbonyl (C=O) groups excluding carboxylic acids is 2. The number of nitrogens with zero attached hydrogens (tertiary/aromatic N) is 1. The van der Waals surface area contributed by atoms with Gasteiger partial charge in [-0.15, -0.1) is 0 Å². The summed E-state index contributed by atoms with van der Waals surface area (Å²) in [5.74, 6) is -0.168. The molecule has 4 heteroatoms. The summed E-state index contributed by atoms with van der Waals surface area (Å²) >= 11 is 0. The van der Waals surface area contributed by atoms with Gasteiger partial charge < -0.3 is 5.32 Å². The Morgan fingerprint density at radius 2 is 1.79 bits per heavy atom. The first kappa shape index (κ1) is 16.2. The zero-order valence-electron chi connectivity index (χ0n) is 14.3. The van der Waals surface area contributed by atoms with Gasteiger partial charge in [-0.2, -0.15) is 0 Å². The summed E-state index contributed by atoms with van der Waals surface area (Å²) in [5.41, 5.74) is 5.16. The van der Waals surface area contributed by atoms with Crippen LogP contribution in [0.3, 0.4) is 0 Å². The first-order chi connectivity index (χ1) is 11.5. The van der Waals surface area contributed by atoms with Crippen molar-refractivity contribution >= 4 is 17.5 Å². The van der Waals surface area contributed by atoms with Crippen LogP contribution in [0.1, 0.15) is 22.3 Å². The Kier molecular flexibility index (Phi) is 4.38. The van der Waals surface area contributed by atoms with E-state index < -0.39 is 6.04 Å². The molecule has 2 amide bonds. The van der Waals surface area contributed by atoms with Crippen molar-refractivity contribution in [1.29, 1.82) is 0 Å². The van der Waals surface area contributed by atoms with E-state index in [-0.39, 0.29) is 11.8 Å². The lowest BCUT2D eigenvalue weighted by molar-refractivity contribution is -0.125. The summed E-state index contributed by atoms with van der Waals surface area (Å²) in [5, 5.41) is 2.68. The Balaban J connectivity index is 1.91. The van der Waals surface area contributed by atoms with Crippen molar-refractivity contribution in [3.05, 3.63) is 64.7 Å². The van der Waals surface area contributed by atoms with E-state index in [0.29, 0.717) is 12.8 Å². The molecule has 0 radical (unpaired) electrons. The van der Waals surface area contributed by atoms with Crippen LogP contribution in [0.5, 0.6) is 0 Å². The third kappa shape index (κ3) is 3.04. The maximum Gasteiger partial charge on any atom is 0.243 e. The van der Waals surface area contributed by atoms with Crippen molar-refractivity contribution < 1.29 is 9.59 Å². The van der Waals surface area contributed by atoms with E-state index in [0.717, 1.165) is 27.9 Å². The molecule has 1 unspecified atom stereocenters. The third-order valence-electron chi connectivity index (χ3n) is 4.43. The minimum Gasteiger partial charge on any atom is -0.357 e. The number of carbonyl (C=O) groups is 2. The monoisotopic (exact) mass is 322 g/mol. The number of rotatable bonds is 3. The lowest BCUT2D eigenvalue weighted by Gasteiger charge is -2.24. The minimum absolute atomic E-state index is 0.0430. The number of aryl methyl sites for hydroxylation is 2. The fourth-order valence-electron chi connectivity index (χ4n) is 3.50. The van der Waals surface area contributed by atoms with Crippen molar-refractivity contribution in [3.8, 4) is 0 Å². The Labute approximate surface area is 142 Å². The van der Waals surface area contributed by atoms with Crippen molar-refractivity contribution in [2.24, 2.45) is 0 Å². The highest BCUT2D eigenvalue weighted by molar-refractivity contribution is 6.04. The van der Waals surface area contributed by atoms with Crippen LogP contribution in [0.25, 0.3) is 0 Å². The number of hydrogen-bond acceptors (Lipinski definition) is 2. The number of anilines is 1. The van der Waals surface area contributed by atoms with Gasteiger partial charge in [0.15, 0.2) is 0 Å². The van der Waals surface area contributed by atoms with Crippen LogP contribution in [0.4, 0.5) is 5.69 Å². The standard InChI is InChI=1S/C20H22N2O2/c1-13-8-14(2)10-15(9-13)11-19(23)22-17-7-5-4-6-16(17)12-18(22)20(24)21-3/h4-10,18H,11-12H2,1-3H3,(H,21,24). The van der Waals surface area contributed by atoms with Crippen LogP contribution < -0.4 is 10.2 Å². The van der Waals surface area contributed by atoms with E-state index in [4.69, 9.17) is 0 Å². The van der Waals surface area contributed by atoms with E-state index in [9.17, 15) is 9.59 Å². The predicted molar refractivity (Wildman–Crippen MR) is 95.1 cm³/mol. The second-order valence-electron chi connectivity index (χ2n) is 6.40. The van der Waals surface area contributed by atoms with Gasteiger partial charge in [-0.25, -0.2) is 0 Å². The molecule has 0 spiro atoms. The molecule has 24 heavy (non-hydrogen) atoms. The number of amides is 2. The lowest BCUT2D eigenvalue weighted by Crippen LogP contribution is -2.47. The molecule has 2 aromatic rings. The van der Waals surface area contributed by atoms with Gasteiger partial charge in [0, 0.05) is 19.2 Å². The highest BCUT2D eigenvalue weighted by Gasteiger charge is 2.37. The SMILES string of the molecule is CNC(=O)C1Cc2ccccc2N1C(=O)Cc1cc(C)cc(C)c1. The van der Waals surface area contributed by atoms with E-state index in [1.54, 1.807) is 11.9 Å². The molecule has 1 aliphatic heterocycles. The largest absolute Gasteiger partial charge is 0.357 e. The number of hydrogen-bond donors (Lipinski definition) is 1. The first-order valence-electron chi connectivity index (χ1n) is 8.18.